The summed E-state index contributed by atoms with van der Waals surface area (Å²) in [7, 11) is 0. The van der Waals surface area contributed by atoms with E-state index in [1.807, 2.05) is 24.3 Å². The maximum atomic E-state index is 14.9. The highest BCUT2D eigenvalue weighted by atomic mass is 32.1. The number of nitrogens with one attached hydrogen (secondary N) is 2. The number of rotatable bonds is 5. The van der Waals surface area contributed by atoms with E-state index in [-0.39, 0.29) is 30.6 Å². The van der Waals surface area contributed by atoms with Gasteiger partial charge in [-0.05, 0) is 35.9 Å². The number of halogens is 1. The van der Waals surface area contributed by atoms with Crippen LogP contribution in [0.4, 0.5) is 10.1 Å². The molecule has 12 heteroatoms. The zero-order valence-corrected chi connectivity index (χ0v) is 22.8. The van der Waals surface area contributed by atoms with Crippen LogP contribution in [0.3, 0.4) is 0 Å². The molecule has 1 unspecified atom stereocenters. The zero-order chi connectivity index (χ0) is 27.9. The normalized spacial score (nSPS) is 17.1. The second-order valence-corrected chi connectivity index (χ2v) is 11.0. The summed E-state index contributed by atoms with van der Waals surface area (Å²) in [6.45, 7) is 2.32. The molecular formula is C29H26FN7O3S. The highest BCUT2D eigenvalue weighted by Gasteiger charge is 2.40. The van der Waals surface area contributed by atoms with Gasteiger partial charge in [-0.1, -0.05) is 6.07 Å². The van der Waals surface area contributed by atoms with Gasteiger partial charge in [-0.3, -0.25) is 19.6 Å². The molecule has 5 aromatic rings. The lowest BCUT2D eigenvalue weighted by atomic mass is 9.94. The number of amides is 2. The van der Waals surface area contributed by atoms with Crippen LogP contribution in [0, 0.1) is 5.82 Å². The zero-order valence-electron chi connectivity index (χ0n) is 22.0. The molecule has 41 heavy (non-hydrogen) atoms. The van der Waals surface area contributed by atoms with Crippen LogP contribution in [0.1, 0.15) is 26.6 Å². The standard InChI is InChI=1S/C29H26FN7O3S/c30-19-2-1-3-21-26(19)18-13-24(28(38)36-8-10-40-11-9-36)37(15-23(18)35-21)29(39)27-25(41-16-34-27)14-33-17-4-5-20-22(12-17)32-7-6-31-20/h1-7,12,16,24,33,35H,8-11,13-15H2. The van der Waals surface area contributed by atoms with Gasteiger partial charge in [0.2, 0.25) is 5.91 Å². The van der Waals surface area contributed by atoms with E-state index in [1.165, 1.54) is 17.4 Å². The lowest BCUT2D eigenvalue weighted by Crippen LogP contribution is -2.55. The van der Waals surface area contributed by atoms with Crippen LogP contribution < -0.4 is 5.32 Å². The molecule has 0 bridgehead atoms. The van der Waals surface area contributed by atoms with Crippen molar-refractivity contribution in [3.05, 3.63) is 81.9 Å². The Balaban J connectivity index is 1.19. The summed E-state index contributed by atoms with van der Waals surface area (Å²) in [5.41, 5.74) is 6.47. The molecule has 0 aliphatic carbocycles. The lowest BCUT2D eigenvalue weighted by molar-refractivity contribution is -0.140. The van der Waals surface area contributed by atoms with Gasteiger partial charge in [0.25, 0.3) is 5.91 Å². The molecule has 1 atom stereocenters. The Labute approximate surface area is 238 Å². The topological polar surface area (TPSA) is 116 Å². The van der Waals surface area contributed by atoms with Gasteiger partial charge in [0, 0.05) is 54.2 Å². The molecule has 0 saturated carbocycles. The van der Waals surface area contributed by atoms with E-state index in [2.05, 4.69) is 25.3 Å². The number of H-pyrrole nitrogens is 1. The molecule has 1 saturated heterocycles. The first-order valence-corrected chi connectivity index (χ1v) is 14.3. The third-order valence-corrected chi connectivity index (χ3v) is 8.53. The Morgan fingerprint density at radius 1 is 1.10 bits per heavy atom. The maximum Gasteiger partial charge on any atom is 0.274 e. The van der Waals surface area contributed by atoms with Gasteiger partial charge in [-0.2, -0.15) is 0 Å². The third-order valence-electron chi connectivity index (χ3n) is 7.70. The molecule has 5 heterocycles. The Hall–Kier alpha value is -4.42. The van der Waals surface area contributed by atoms with Gasteiger partial charge in [0.15, 0.2) is 0 Å². The number of nitrogens with zero attached hydrogens (tertiary/aromatic N) is 5. The van der Waals surface area contributed by atoms with Crippen molar-refractivity contribution in [2.45, 2.75) is 25.6 Å². The van der Waals surface area contributed by atoms with E-state index in [1.54, 1.807) is 33.8 Å². The van der Waals surface area contributed by atoms with Crippen molar-refractivity contribution in [2.24, 2.45) is 0 Å². The van der Waals surface area contributed by atoms with Crippen molar-refractivity contribution in [1.29, 1.82) is 0 Å². The SMILES string of the molecule is O=C(C1Cc2c([nH]c3cccc(F)c23)CN1C(=O)c1ncsc1CNc1ccc2nccnc2c1)N1CCOCC1. The molecular weight excluding hydrogens is 545 g/mol. The first-order chi connectivity index (χ1) is 20.1. The van der Waals surface area contributed by atoms with Crippen molar-refractivity contribution >= 4 is 50.8 Å². The monoisotopic (exact) mass is 571 g/mol. The number of ether oxygens (including phenoxy) is 1. The average molecular weight is 572 g/mol. The molecule has 7 rings (SSSR count). The average Bonchev–Trinajstić information content (AvgIpc) is 3.64. The molecule has 2 N–H and O–H groups in total. The van der Waals surface area contributed by atoms with Crippen LogP contribution in [0.25, 0.3) is 21.9 Å². The van der Waals surface area contributed by atoms with Gasteiger partial charge >= 0.3 is 0 Å². The number of anilines is 1. The van der Waals surface area contributed by atoms with E-state index in [0.29, 0.717) is 49.4 Å². The summed E-state index contributed by atoms with van der Waals surface area (Å²) in [5, 5.41) is 3.84. The second-order valence-electron chi connectivity index (χ2n) is 10.1. The summed E-state index contributed by atoms with van der Waals surface area (Å²) < 4.78 is 20.3. The molecule has 2 aromatic carbocycles. The Morgan fingerprint density at radius 2 is 1.93 bits per heavy atom. The number of carbonyl (C=O) groups is 2. The third kappa shape index (κ3) is 4.68. The number of morpholine rings is 1. The number of carbonyl (C=O) groups excluding carboxylic acids is 2. The summed E-state index contributed by atoms with van der Waals surface area (Å²) in [5.74, 6) is -0.834. The second kappa shape index (κ2) is 10.5. The number of fused-ring (bicyclic) bond motifs is 4. The minimum Gasteiger partial charge on any atom is -0.380 e. The highest BCUT2D eigenvalue weighted by molar-refractivity contribution is 7.10. The lowest BCUT2D eigenvalue weighted by Gasteiger charge is -2.38. The van der Waals surface area contributed by atoms with E-state index < -0.39 is 6.04 Å². The van der Waals surface area contributed by atoms with Gasteiger partial charge in [0.05, 0.1) is 47.7 Å². The summed E-state index contributed by atoms with van der Waals surface area (Å²) in [6.07, 6.45) is 3.51. The molecule has 10 nitrogen and oxygen atoms in total. The minimum atomic E-state index is -0.784. The van der Waals surface area contributed by atoms with Gasteiger partial charge in [-0.25, -0.2) is 9.37 Å². The van der Waals surface area contributed by atoms with Crippen LogP contribution in [-0.2, 0) is 29.0 Å². The molecule has 2 aliphatic rings. The minimum absolute atomic E-state index is 0.150. The molecule has 0 spiro atoms. The fourth-order valence-electron chi connectivity index (χ4n) is 5.66. The van der Waals surface area contributed by atoms with E-state index in [9.17, 15) is 14.0 Å². The number of aromatic amines is 1. The van der Waals surface area contributed by atoms with Crippen molar-refractivity contribution in [3.63, 3.8) is 0 Å². The van der Waals surface area contributed by atoms with Crippen molar-refractivity contribution in [2.75, 3.05) is 31.6 Å². The largest absolute Gasteiger partial charge is 0.380 e. The van der Waals surface area contributed by atoms with Crippen LogP contribution in [0.5, 0.6) is 0 Å². The van der Waals surface area contributed by atoms with Crippen LogP contribution in [0.2, 0.25) is 0 Å². The molecule has 0 radical (unpaired) electrons. The van der Waals surface area contributed by atoms with Crippen molar-refractivity contribution in [1.82, 2.24) is 29.7 Å². The number of benzene rings is 2. The fraction of sp³-hybridized carbons (Fsp3) is 0.276. The maximum absolute atomic E-state index is 14.9. The highest BCUT2D eigenvalue weighted by Crippen LogP contribution is 2.34. The van der Waals surface area contributed by atoms with E-state index in [4.69, 9.17) is 4.74 Å². The summed E-state index contributed by atoms with van der Waals surface area (Å²) in [6, 6.07) is 9.80. The van der Waals surface area contributed by atoms with Crippen LogP contribution >= 0.6 is 11.3 Å². The smallest absolute Gasteiger partial charge is 0.274 e. The Kier molecular flexibility index (Phi) is 6.56. The summed E-state index contributed by atoms with van der Waals surface area (Å²) >= 11 is 1.38. The Morgan fingerprint density at radius 3 is 2.78 bits per heavy atom. The molecule has 208 valence electrons. The number of aromatic nitrogens is 4. The van der Waals surface area contributed by atoms with Crippen LogP contribution in [0.15, 0.2) is 54.3 Å². The fourth-order valence-corrected chi connectivity index (χ4v) is 6.35. The predicted molar refractivity (Wildman–Crippen MR) is 152 cm³/mol. The first-order valence-electron chi connectivity index (χ1n) is 13.4. The quantitative estimate of drug-likeness (QED) is 0.330. The van der Waals surface area contributed by atoms with E-state index in [0.717, 1.165) is 32.9 Å². The first kappa shape index (κ1) is 25.5. The van der Waals surface area contributed by atoms with E-state index >= 15 is 0 Å². The predicted octanol–water partition coefficient (Wildman–Crippen LogP) is 3.74. The summed E-state index contributed by atoms with van der Waals surface area (Å²) in [4.78, 5) is 48.3. The van der Waals surface area contributed by atoms with Crippen molar-refractivity contribution < 1.29 is 18.7 Å². The number of hydrogen-bond acceptors (Lipinski definition) is 8. The van der Waals surface area contributed by atoms with Gasteiger partial charge < -0.3 is 24.8 Å². The molecule has 1 fully saturated rings. The van der Waals surface area contributed by atoms with Crippen LogP contribution in [-0.4, -0.2) is 73.9 Å². The number of thiazole rings is 1. The Bertz CT molecular complexity index is 1780. The molecule has 2 aliphatic heterocycles. The number of hydrogen-bond donors (Lipinski definition) is 2. The molecule has 2 amide bonds. The molecule has 3 aromatic heterocycles. The van der Waals surface area contributed by atoms with Gasteiger partial charge in [0.1, 0.15) is 17.6 Å². The van der Waals surface area contributed by atoms with Gasteiger partial charge in [-0.15, -0.1) is 11.3 Å². The van der Waals surface area contributed by atoms with Crippen molar-refractivity contribution in [3.8, 4) is 0 Å².